The molecule has 2 rings (SSSR count). The third kappa shape index (κ3) is 4.14. The zero-order valence-electron chi connectivity index (χ0n) is 10.6. The number of aromatic nitrogens is 1. The fourth-order valence-corrected chi connectivity index (χ4v) is 3.01. The molecule has 2 heterocycles. The summed E-state index contributed by atoms with van der Waals surface area (Å²) in [6.45, 7) is 0.916. The third-order valence-electron chi connectivity index (χ3n) is 3.06. The maximum absolute atomic E-state index is 11.8. The Labute approximate surface area is 122 Å². The molecule has 0 radical (unpaired) electrons. The molecule has 1 aliphatic rings. The number of carbonyl (C=O) groups excluding carboxylic acids is 1. The van der Waals surface area contributed by atoms with E-state index in [9.17, 15) is 13.2 Å². The zero-order valence-corrected chi connectivity index (χ0v) is 12.2. The number of hydrogen-bond acceptors (Lipinski definition) is 5. The van der Waals surface area contributed by atoms with Crippen LogP contribution in [0.4, 0.5) is 5.82 Å². The van der Waals surface area contributed by atoms with Crippen molar-refractivity contribution in [2.24, 2.45) is 5.14 Å². The minimum absolute atomic E-state index is 0.107. The van der Waals surface area contributed by atoms with Gasteiger partial charge in [-0.15, -0.1) is 0 Å². The number of nitrogens with one attached hydrogen (secondary N) is 1. The fraction of sp³-hybridized carbons (Fsp3) is 0.455. The van der Waals surface area contributed by atoms with Gasteiger partial charge in [0.05, 0.1) is 16.8 Å². The lowest BCUT2D eigenvalue weighted by Crippen LogP contribution is -2.35. The van der Waals surface area contributed by atoms with Gasteiger partial charge in [-0.25, -0.2) is 18.5 Å². The maximum Gasteiger partial charge on any atom is 0.239 e. The lowest BCUT2D eigenvalue weighted by atomic mass is 10.4. The molecular formula is C11H15ClN4O3S. The van der Waals surface area contributed by atoms with E-state index < -0.39 is 15.3 Å². The Bertz CT molecular complexity index is 590. The Morgan fingerprint density at radius 1 is 1.55 bits per heavy atom. The number of primary sulfonamides is 1. The summed E-state index contributed by atoms with van der Waals surface area (Å²) in [6.07, 6.45) is 1.88. The lowest BCUT2D eigenvalue weighted by Gasteiger charge is -2.14. The van der Waals surface area contributed by atoms with Crippen molar-refractivity contribution in [1.82, 2.24) is 9.88 Å². The van der Waals surface area contributed by atoms with Crippen molar-refractivity contribution >= 4 is 33.3 Å². The van der Waals surface area contributed by atoms with Crippen LogP contribution in [0.2, 0.25) is 5.02 Å². The van der Waals surface area contributed by atoms with Crippen LogP contribution in [0.5, 0.6) is 0 Å². The van der Waals surface area contributed by atoms with E-state index in [1.54, 1.807) is 17.0 Å². The highest BCUT2D eigenvalue weighted by atomic mass is 35.5. The molecule has 1 unspecified atom stereocenters. The average Bonchev–Trinajstić information content (AvgIpc) is 2.80. The van der Waals surface area contributed by atoms with E-state index in [2.05, 4.69) is 10.3 Å². The second-order valence-electron chi connectivity index (χ2n) is 4.64. The standard InChI is InChI=1S/C11H15ClN4O3S/c12-8-1-2-10(14-5-8)15-11(17)7-16-4-3-9(6-16)20(13,18)19/h1-2,5,9H,3-4,6-7H2,(H2,13,18,19)(H,14,15,17). The minimum Gasteiger partial charge on any atom is -0.310 e. The highest BCUT2D eigenvalue weighted by molar-refractivity contribution is 7.89. The van der Waals surface area contributed by atoms with Crippen LogP contribution >= 0.6 is 11.6 Å². The van der Waals surface area contributed by atoms with E-state index in [0.29, 0.717) is 23.8 Å². The van der Waals surface area contributed by atoms with E-state index in [0.717, 1.165) is 0 Å². The third-order valence-corrected chi connectivity index (χ3v) is 4.59. The monoisotopic (exact) mass is 318 g/mol. The number of pyridine rings is 1. The van der Waals surface area contributed by atoms with Gasteiger partial charge in [-0.05, 0) is 18.6 Å². The minimum atomic E-state index is -3.54. The van der Waals surface area contributed by atoms with Crippen LogP contribution in [-0.2, 0) is 14.8 Å². The van der Waals surface area contributed by atoms with Crippen molar-refractivity contribution in [2.75, 3.05) is 25.0 Å². The molecule has 1 aliphatic heterocycles. The van der Waals surface area contributed by atoms with Crippen molar-refractivity contribution in [3.8, 4) is 0 Å². The van der Waals surface area contributed by atoms with E-state index in [1.807, 2.05) is 0 Å². The Kier molecular flexibility index (Phi) is 4.59. The highest BCUT2D eigenvalue weighted by Crippen LogP contribution is 2.15. The van der Waals surface area contributed by atoms with Gasteiger partial charge in [-0.1, -0.05) is 11.6 Å². The van der Waals surface area contributed by atoms with Gasteiger partial charge in [-0.2, -0.15) is 0 Å². The van der Waals surface area contributed by atoms with Crippen LogP contribution in [0.3, 0.4) is 0 Å². The first-order valence-corrected chi connectivity index (χ1v) is 7.99. The predicted octanol–water partition coefficient (Wildman–Crippen LogP) is 0.0363. The first-order chi connectivity index (χ1) is 9.34. The van der Waals surface area contributed by atoms with Crippen LogP contribution in [0, 0.1) is 0 Å². The molecule has 0 bridgehead atoms. The van der Waals surface area contributed by atoms with Gasteiger partial charge in [0.1, 0.15) is 5.82 Å². The van der Waals surface area contributed by atoms with Crippen molar-refractivity contribution in [3.05, 3.63) is 23.4 Å². The van der Waals surface area contributed by atoms with E-state index >= 15 is 0 Å². The van der Waals surface area contributed by atoms with Crippen molar-refractivity contribution in [2.45, 2.75) is 11.7 Å². The number of likely N-dealkylation sites (tertiary alicyclic amines) is 1. The van der Waals surface area contributed by atoms with Crippen LogP contribution in [-0.4, -0.2) is 49.1 Å². The number of carbonyl (C=O) groups is 1. The summed E-state index contributed by atoms with van der Waals surface area (Å²) in [5.41, 5.74) is 0. The molecular weight excluding hydrogens is 304 g/mol. The molecule has 0 saturated carbocycles. The normalized spacial score (nSPS) is 20.0. The molecule has 1 amide bonds. The first kappa shape index (κ1) is 15.2. The number of hydrogen-bond donors (Lipinski definition) is 2. The number of halogens is 1. The van der Waals surface area contributed by atoms with Gasteiger partial charge in [0.25, 0.3) is 0 Å². The summed E-state index contributed by atoms with van der Waals surface area (Å²) in [5.74, 6) is 0.150. The van der Waals surface area contributed by atoms with E-state index in [-0.39, 0.29) is 19.0 Å². The molecule has 3 N–H and O–H groups in total. The molecule has 0 aromatic carbocycles. The van der Waals surface area contributed by atoms with Crippen molar-refractivity contribution < 1.29 is 13.2 Å². The van der Waals surface area contributed by atoms with Gasteiger partial charge in [0, 0.05) is 19.3 Å². The molecule has 1 atom stereocenters. The summed E-state index contributed by atoms with van der Waals surface area (Å²) in [7, 11) is -3.54. The van der Waals surface area contributed by atoms with E-state index in [1.165, 1.54) is 6.20 Å². The zero-order chi connectivity index (χ0) is 14.8. The molecule has 1 saturated heterocycles. The van der Waals surface area contributed by atoms with Crippen molar-refractivity contribution in [1.29, 1.82) is 0 Å². The van der Waals surface area contributed by atoms with Gasteiger partial charge in [0.15, 0.2) is 0 Å². The van der Waals surface area contributed by atoms with Crippen molar-refractivity contribution in [3.63, 3.8) is 0 Å². The summed E-state index contributed by atoms with van der Waals surface area (Å²) < 4.78 is 22.4. The summed E-state index contributed by atoms with van der Waals surface area (Å²) in [5, 5.41) is 7.60. The van der Waals surface area contributed by atoms with Crippen LogP contribution < -0.4 is 10.5 Å². The SMILES string of the molecule is NS(=O)(=O)C1CCN(CC(=O)Nc2ccc(Cl)cn2)C1. The van der Waals surface area contributed by atoms with Crippen LogP contribution in [0.15, 0.2) is 18.3 Å². The molecule has 0 spiro atoms. The van der Waals surface area contributed by atoms with Gasteiger partial charge < -0.3 is 5.32 Å². The lowest BCUT2D eigenvalue weighted by molar-refractivity contribution is -0.117. The van der Waals surface area contributed by atoms with Gasteiger partial charge in [0.2, 0.25) is 15.9 Å². The number of anilines is 1. The second-order valence-corrected chi connectivity index (χ2v) is 6.93. The second kappa shape index (κ2) is 6.04. The first-order valence-electron chi connectivity index (χ1n) is 6.00. The average molecular weight is 319 g/mol. The molecule has 110 valence electrons. The highest BCUT2D eigenvalue weighted by Gasteiger charge is 2.31. The van der Waals surface area contributed by atoms with Gasteiger partial charge >= 0.3 is 0 Å². The molecule has 1 fully saturated rings. The van der Waals surface area contributed by atoms with E-state index in [4.69, 9.17) is 16.7 Å². The number of nitrogens with two attached hydrogens (primary N) is 1. The number of amides is 1. The van der Waals surface area contributed by atoms with Crippen LogP contribution in [0.1, 0.15) is 6.42 Å². The molecule has 9 heteroatoms. The van der Waals surface area contributed by atoms with Crippen LogP contribution in [0.25, 0.3) is 0 Å². The molecule has 1 aromatic rings. The fourth-order valence-electron chi connectivity index (χ4n) is 2.04. The molecule has 0 aliphatic carbocycles. The quantitative estimate of drug-likeness (QED) is 0.815. The summed E-state index contributed by atoms with van der Waals surface area (Å²) in [4.78, 5) is 17.5. The molecule has 7 nitrogen and oxygen atoms in total. The maximum atomic E-state index is 11.8. The summed E-state index contributed by atoms with van der Waals surface area (Å²) in [6, 6.07) is 3.22. The Hall–Kier alpha value is -1.22. The molecule has 1 aromatic heterocycles. The Balaban J connectivity index is 1.85. The Morgan fingerprint density at radius 3 is 2.85 bits per heavy atom. The largest absolute Gasteiger partial charge is 0.310 e. The topological polar surface area (TPSA) is 105 Å². The number of sulfonamides is 1. The summed E-state index contributed by atoms with van der Waals surface area (Å²) >= 11 is 5.69. The Morgan fingerprint density at radius 2 is 2.30 bits per heavy atom. The number of rotatable bonds is 4. The number of nitrogens with zero attached hydrogens (tertiary/aromatic N) is 2. The van der Waals surface area contributed by atoms with Gasteiger partial charge in [-0.3, -0.25) is 9.69 Å². The smallest absolute Gasteiger partial charge is 0.239 e. The predicted molar refractivity (Wildman–Crippen MR) is 75.8 cm³/mol. The molecule has 20 heavy (non-hydrogen) atoms.